The highest BCUT2D eigenvalue weighted by Gasteiger charge is 2.46. The summed E-state index contributed by atoms with van der Waals surface area (Å²) in [6, 6.07) is 3.74. The zero-order valence-corrected chi connectivity index (χ0v) is 15.9. The summed E-state index contributed by atoms with van der Waals surface area (Å²) >= 11 is 0. The molecular formula is C17H26N4O3S. The molecule has 8 heteroatoms. The number of fused-ring (bicyclic) bond motifs is 1. The van der Waals surface area contributed by atoms with Crippen LogP contribution in [0.5, 0.6) is 0 Å². The number of aromatic nitrogens is 1. The third-order valence-electron chi connectivity index (χ3n) is 5.21. The number of carbonyl (C=O) groups is 1. The fourth-order valence-corrected chi connectivity index (χ4v) is 5.72. The molecule has 2 fully saturated rings. The number of pyridine rings is 1. The number of aryl methyl sites for hydroxylation is 1. The van der Waals surface area contributed by atoms with Gasteiger partial charge in [0.2, 0.25) is 5.91 Å². The highest BCUT2D eigenvalue weighted by Crippen LogP contribution is 2.28. The van der Waals surface area contributed by atoms with E-state index in [-0.39, 0.29) is 36.0 Å². The lowest BCUT2D eigenvalue weighted by Crippen LogP contribution is -2.60. The molecule has 2 saturated heterocycles. The first-order valence-electron chi connectivity index (χ1n) is 8.56. The number of hydrogen-bond donors (Lipinski definition) is 0. The molecule has 1 aromatic rings. The highest BCUT2D eigenvalue weighted by atomic mass is 32.2. The largest absolute Gasteiger partial charge is 0.348 e. The second kappa shape index (κ2) is 7.01. The van der Waals surface area contributed by atoms with Crippen molar-refractivity contribution < 1.29 is 13.2 Å². The summed E-state index contributed by atoms with van der Waals surface area (Å²) < 4.78 is 24.5. The lowest BCUT2D eigenvalue weighted by atomic mass is 10.0. The average Bonchev–Trinajstić information content (AvgIpc) is 2.87. The Morgan fingerprint density at radius 3 is 2.52 bits per heavy atom. The molecular weight excluding hydrogens is 340 g/mol. The molecule has 1 amide bonds. The van der Waals surface area contributed by atoms with Crippen LogP contribution in [0.2, 0.25) is 0 Å². The molecule has 2 atom stereocenters. The lowest BCUT2D eigenvalue weighted by molar-refractivity contribution is -0.131. The second-order valence-electron chi connectivity index (χ2n) is 7.21. The summed E-state index contributed by atoms with van der Waals surface area (Å²) in [4.78, 5) is 22.4. The van der Waals surface area contributed by atoms with E-state index >= 15 is 0 Å². The molecule has 0 aromatic carbocycles. The Morgan fingerprint density at radius 2 is 1.88 bits per heavy atom. The number of carbonyl (C=O) groups excluding carboxylic acids is 1. The first-order valence-corrected chi connectivity index (χ1v) is 10.4. The number of rotatable bonds is 4. The second-order valence-corrected chi connectivity index (χ2v) is 9.36. The molecule has 0 radical (unpaired) electrons. The SMILES string of the molecule is Cc1cccnc1CN1CCN(CC(=O)N(C)C)[C@@H]2CS(=O)(=O)C[C@@H]21. The van der Waals surface area contributed by atoms with E-state index in [0.717, 1.165) is 17.8 Å². The Kier molecular flexibility index (Phi) is 5.13. The number of amides is 1. The van der Waals surface area contributed by atoms with Gasteiger partial charge in [-0.05, 0) is 18.6 Å². The standard InChI is InChI=1S/C17H26N4O3S/c1-13-5-4-6-18-14(13)9-20-7-8-21(10-17(22)19(2)3)16-12-25(23,24)11-15(16)20/h4-6,15-16H,7-12H2,1-3H3/t15-,16+/m0/s1. The normalized spacial score (nSPS) is 26.4. The van der Waals surface area contributed by atoms with Crippen molar-refractivity contribution in [1.82, 2.24) is 19.7 Å². The van der Waals surface area contributed by atoms with E-state index in [1.165, 1.54) is 0 Å². The zero-order chi connectivity index (χ0) is 18.2. The molecule has 25 heavy (non-hydrogen) atoms. The molecule has 0 unspecified atom stereocenters. The van der Waals surface area contributed by atoms with Gasteiger partial charge in [-0.3, -0.25) is 19.6 Å². The minimum atomic E-state index is -3.08. The number of piperazine rings is 1. The molecule has 7 nitrogen and oxygen atoms in total. The van der Waals surface area contributed by atoms with E-state index in [9.17, 15) is 13.2 Å². The molecule has 0 aliphatic carbocycles. The van der Waals surface area contributed by atoms with Crippen LogP contribution in [-0.2, 0) is 21.2 Å². The van der Waals surface area contributed by atoms with Gasteiger partial charge in [0.25, 0.3) is 0 Å². The van der Waals surface area contributed by atoms with Crippen LogP contribution in [0.4, 0.5) is 0 Å². The lowest BCUT2D eigenvalue weighted by Gasteiger charge is -2.43. The van der Waals surface area contributed by atoms with Gasteiger partial charge < -0.3 is 4.90 Å². The van der Waals surface area contributed by atoms with Crippen molar-refractivity contribution in [2.45, 2.75) is 25.6 Å². The van der Waals surface area contributed by atoms with Gasteiger partial charge in [-0.15, -0.1) is 0 Å². The van der Waals surface area contributed by atoms with Gasteiger partial charge in [-0.1, -0.05) is 6.07 Å². The summed E-state index contributed by atoms with van der Waals surface area (Å²) in [7, 11) is 0.373. The summed E-state index contributed by atoms with van der Waals surface area (Å²) in [6.07, 6.45) is 1.78. The van der Waals surface area contributed by atoms with Gasteiger partial charge in [0.15, 0.2) is 9.84 Å². The maximum Gasteiger partial charge on any atom is 0.236 e. The number of likely N-dealkylation sites (N-methyl/N-ethyl adjacent to an activating group) is 1. The van der Waals surface area contributed by atoms with Crippen LogP contribution < -0.4 is 0 Å². The molecule has 0 saturated carbocycles. The molecule has 0 spiro atoms. The van der Waals surface area contributed by atoms with E-state index in [0.29, 0.717) is 13.1 Å². The fourth-order valence-electron chi connectivity index (χ4n) is 3.68. The maximum atomic E-state index is 12.3. The molecule has 2 aliphatic rings. The van der Waals surface area contributed by atoms with E-state index in [1.54, 1.807) is 25.2 Å². The minimum Gasteiger partial charge on any atom is -0.348 e. The van der Waals surface area contributed by atoms with Crippen LogP contribution in [0.15, 0.2) is 18.3 Å². The first kappa shape index (κ1) is 18.3. The van der Waals surface area contributed by atoms with E-state index in [4.69, 9.17) is 0 Å². The number of sulfone groups is 1. The topological polar surface area (TPSA) is 73.8 Å². The minimum absolute atomic E-state index is 0.0112. The third kappa shape index (κ3) is 4.02. The number of hydrogen-bond acceptors (Lipinski definition) is 6. The predicted molar refractivity (Wildman–Crippen MR) is 95.9 cm³/mol. The Bertz CT molecular complexity index is 750. The Labute approximate surface area is 149 Å². The van der Waals surface area contributed by atoms with Gasteiger partial charge in [-0.2, -0.15) is 0 Å². The Morgan fingerprint density at radius 1 is 1.24 bits per heavy atom. The van der Waals surface area contributed by atoms with E-state index in [1.807, 2.05) is 24.0 Å². The van der Waals surface area contributed by atoms with E-state index < -0.39 is 9.84 Å². The van der Waals surface area contributed by atoms with Crippen LogP contribution in [0.3, 0.4) is 0 Å². The smallest absolute Gasteiger partial charge is 0.236 e. The van der Waals surface area contributed by atoms with Gasteiger partial charge in [0.05, 0.1) is 23.7 Å². The summed E-state index contributed by atoms with van der Waals surface area (Å²) in [5.41, 5.74) is 2.11. The number of nitrogens with zero attached hydrogens (tertiary/aromatic N) is 4. The van der Waals surface area contributed by atoms with Crippen molar-refractivity contribution in [2.75, 3.05) is 45.2 Å². The van der Waals surface area contributed by atoms with Crippen molar-refractivity contribution in [2.24, 2.45) is 0 Å². The fraction of sp³-hybridized carbons (Fsp3) is 0.647. The van der Waals surface area contributed by atoms with Crippen LogP contribution >= 0.6 is 0 Å². The highest BCUT2D eigenvalue weighted by molar-refractivity contribution is 7.91. The van der Waals surface area contributed by atoms with Crippen LogP contribution in [-0.4, -0.2) is 91.3 Å². The zero-order valence-electron chi connectivity index (χ0n) is 15.1. The molecule has 0 bridgehead atoms. The van der Waals surface area contributed by atoms with Gasteiger partial charge in [0.1, 0.15) is 0 Å². The molecule has 3 rings (SSSR count). The van der Waals surface area contributed by atoms with Crippen molar-refractivity contribution in [3.8, 4) is 0 Å². The molecule has 1 aromatic heterocycles. The molecule has 0 N–H and O–H groups in total. The van der Waals surface area contributed by atoms with Gasteiger partial charge in [-0.25, -0.2) is 8.42 Å². The van der Waals surface area contributed by atoms with E-state index in [2.05, 4.69) is 9.88 Å². The summed E-state index contributed by atoms with van der Waals surface area (Å²) in [5, 5.41) is 0. The van der Waals surface area contributed by atoms with Gasteiger partial charge >= 0.3 is 0 Å². The molecule has 2 aliphatic heterocycles. The van der Waals surface area contributed by atoms with Crippen molar-refractivity contribution in [3.05, 3.63) is 29.6 Å². The van der Waals surface area contributed by atoms with Crippen molar-refractivity contribution >= 4 is 15.7 Å². The third-order valence-corrected chi connectivity index (χ3v) is 6.91. The van der Waals surface area contributed by atoms with Crippen molar-refractivity contribution in [3.63, 3.8) is 0 Å². The quantitative estimate of drug-likeness (QED) is 0.732. The Balaban J connectivity index is 1.78. The Hall–Kier alpha value is -1.51. The first-order chi connectivity index (χ1) is 11.8. The predicted octanol–water partition coefficient (Wildman–Crippen LogP) is -0.239. The van der Waals surface area contributed by atoms with Crippen LogP contribution in [0.1, 0.15) is 11.3 Å². The maximum absolute atomic E-state index is 12.3. The van der Waals surface area contributed by atoms with Gasteiger partial charge in [0, 0.05) is 52.0 Å². The average molecular weight is 366 g/mol. The summed E-state index contributed by atoms with van der Waals surface area (Å²) in [6.45, 7) is 4.39. The molecule has 138 valence electrons. The summed E-state index contributed by atoms with van der Waals surface area (Å²) in [5.74, 6) is 0.309. The van der Waals surface area contributed by atoms with Crippen molar-refractivity contribution in [1.29, 1.82) is 0 Å². The molecule has 3 heterocycles. The monoisotopic (exact) mass is 366 g/mol. The van der Waals surface area contributed by atoms with Crippen LogP contribution in [0.25, 0.3) is 0 Å². The van der Waals surface area contributed by atoms with Crippen LogP contribution in [0, 0.1) is 6.92 Å².